The summed E-state index contributed by atoms with van der Waals surface area (Å²) in [7, 11) is 0. The predicted octanol–water partition coefficient (Wildman–Crippen LogP) is 4.19. The van der Waals surface area contributed by atoms with Crippen LogP contribution in [0.2, 0.25) is 0 Å². The Morgan fingerprint density at radius 1 is 1.16 bits per heavy atom. The van der Waals surface area contributed by atoms with Crippen molar-refractivity contribution in [1.82, 2.24) is 14.9 Å². The molecule has 5 heteroatoms. The van der Waals surface area contributed by atoms with Crippen LogP contribution in [0, 0.1) is 0 Å². The van der Waals surface area contributed by atoms with Crippen molar-refractivity contribution in [3.63, 3.8) is 0 Å². The number of likely N-dealkylation sites (tertiary alicyclic amines) is 1. The second-order valence-corrected chi connectivity index (χ2v) is 6.52. The van der Waals surface area contributed by atoms with E-state index in [1.54, 1.807) is 12.4 Å². The number of carbonyl (C=O) groups is 1. The number of anilines is 2. The Morgan fingerprint density at radius 2 is 1.96 bits per heavy atom. The lowest BCUT2D eigenvalue weighted by molar-refractivity contribution is 0.0601. The molecule has 1 N–H and O–H groups in total. The largest absolute Gasteiger partial charge is 0.339 e. The number of piperidine rings is 1. The van der Waals surface area contributed by atoms with Crippen LogP contribution in [0.5, 0.6) is 0 Å². The van der Waals surface area contributed by atoms with E-state index in [4.69, 9.17) is 0 Å². The van der Waals surface area contributed by atoms with Gasteiger partial charge in [-0.1, -0.05) is 26.0 Å². The quantitative estimate of drug-likeness (QED) is 0.888. The first-order valence-electron chi connectivity index (χ1n) is 9.20. The van der Waals surface area contributed by atoms with Gasteiger partial charge in [0, 0.05) is 18.3 Å². The van der Waals surface area contributed by atoms with Gasteiger partial charge in [-0.2, -0.15) is 0 Å². The molecule has 1 aliphatic rings. The summed E-state index contributed by atoms with van der Waals surface area (Å²) in [6, 6.07) is 8.57. The first-order chi connectivity index (χ1) is 12.2. The van der Waals surface area contributed by atoms with Crippen LogP contribution in [0.4, 0.5) is 11.5 Å². The molecule has 1 unspecified atom stereocenters. The molecule has 1 fully saturated rings. The molecule has 0 spiro atoms. The van der Waals surface area contributed by atoms with Gasteiger partial charge in [0.2, 0.25) is 0 Å². The third kappa shape index (κ3) is 4.16. The molecule has 0 radical (unpaired) electrons. The molecule has 3 rings (SSSR count). The van der Waals surface area contributed by atoms with Gasteiger partial charge in [-0.15, -0.1) is 0 Å². The van der Waals surface area contributed by atoms with E-state index >= 15 is 0 Å². The number of hydrogen-bond acceptors (Lipinski definition) is 4. The highest BCUT2D eigenvalue weighted by Crippen LogP contribution is 2.21. The summed E-state index contributed by atoms with van der Waals surface area (Å²) in [6.45, 7) is 5.09. The standard InChI is InChI=1S/C20H26N4O/c1-3-15-8-10-16(11-9-15)23-19-14-21-18(13-22-19)20(25)24-12-6-5-7-17(24)4-2/h8-11,13-14,17H,3-7,12H2,1-2H3,(H,22,23). The summed E-state index contributed by atoms with van der Waals surface area (Å²) in [5.74, 6) is 0.643. The predicted molar refractivity (Wildman–Crippen MR) is 100 cm³/mol. The average molecular weight is 338 g/mol. The Kier molecular flexibility index (Phi) is 5.64. The molecular weight excluding hydrogens is 312 g/mol. The van der Waals surface area contributed by atoms with Crippen LogP contribution in [0.3, 0.4) is 0 Å². The van der Waals surface area contributed by atoms with Crippen molar-refractivity contribution in [2.75, 3.05) is 11.9 Å². The molecule has 25 heavy (non-hydrogen) atoms. The third-order valence-electron chi connectivity index (χ3n) is 4.86. The van der Waals surface area contributed by atoms with Crippen molar-refractivity contribution in [3.05, 3.63) is 47.9 Å². The van der Waals surface area contributed by atoms with Crippen molar-refractivity contribution in [2.45, 2.75) is 52.0 Å². The highest BCUT2D eigenvalue weighted by molar-refractivity contribution is 5.92. The van der Waals surface area contributed by atoms with Crippen LogP contribution in [-0.2, 0) is 6.42 Å². The van der Waals surface area contributed by atoms with Gasteiger partial charge < -0.3 is 10.2 Å². The molecule has 132 valence electrons. The molecule has 0 bridgehead atoms. The number of nitrogens with one attached hydrogen (secondary N) is 1. The fourth-order valence-electron chi connectivity index (χ4n) is 3.31. The normalized spacial score (nSPS) is 17.4. The Balaban J connectivity index is 1.67. The molecule has 1 atom stereocenters. The average Bonchev–Trinajstić information content (AvgIpc) is 2.68. The van der Waals surface area contributed by atoms with Crippen molar-refractivity contribution >= 4 is 17.4 Å². The SMILES string of the molecule is CCc1ccc(Nc2cnc(C(=O)N3CCCCC3CC)cn2)cc1. The lowest BCUT2D eigenvalue weighted by Gasteiger charge is -2.34. The van der Waals surface area contributed by atoms with Crippen molar-refractivity contribution in [2.24, 2.45) is 0 Å². The van der Waals surface area contributed by atoms with Gasteiger partial charge in [0.1, 0.15) is 11.5 Å². The maximum absolute atomic E-state index is 12.7. The van der Waals surface area contributed by atoms with E-state index < -0.39 is 0 Å². The molecule has 1 amide bonds. The molecular formula is C20H26N4O. The minimum atomic E-state index is -0.00195. The van der Waals surface area contributed by atoms with E-state index in [1.807, 2.05) is 17.0 Å². The first-order valence-corrected chi connectivity index (χ1v) is 9.20. The zero-order valence-corrected chi connectivity index (χ0v) is 15.0. The molecule has 1 aromatic heterocycles. The monoisotopic (exact) mass is 338 g/mol. The van der Waals surface area contributed by atoms with E-state index in [0.29, 0.717) is 17.6 Å². The van der Waals surface area contributed by atoms with Crippen LogP contribution in [0.25, 0.3) is 0 Å². The molecule has 1 saturated heterocycles. The minimum absolute atomic E-state index is 0.00195. The third-order valence-corrected chi connectivity index (χ3v) is 4.86. The Bertz CT molecular complexity index is 697. The lowest BCUT2D eigenvalue weighted by atomic mass is 10.00. The van der Waals surface area contributed by atoms with Gasteiger partial charge in [-0.05, 0) is 49.8 Å². The van der Waals surface area contributed by atoms with Gasteiger partial charge in [0.25, 0.3) is 5.91 Å². The smallest absolute Gasteiger partial charge is 0.274 e. The van der Waals surface area contributed by atoms with Crippen molar-refractivity contribution < 1.29 is 4.79 Å². The van der Waals surface area contributed by atoms with E-state index in [-0.39, 0.29) is 5.91 Å². The van der Waals surface area contributed by atoms with E-state index in [2.05, 4.69) is 41.3 Å². The number of benzene rings is 1. The van der Waals surface area contributed by atoms with E-state index in [9.17, 15) is 4.79 Å². The fraction of sp³-hybridized carbons (Fsp3) is 0.450. The molecule has 2 aromatic rings. The Labute approximate surface area is 149 Å². The highest BCUT2D eigenvalue weighted by atomic mass is 16.2. The maximum atomic E-state index is 12.7. The molecule has 1 aliphatic heterocycles. The maximum Gasteiger partial charge on any atom is 0.274 e. The summed E-state index contributed by atoms with van der Waals surface area (Å²) >= 11 is 0. The van der Waals surface area contributed by atoms with Crippen LogP contribution in [0.15, 0.2) is 36.7 Å². The number of aryl methyl sites for hydroxylation is 1. The van der Waals surface area contributed by atoms with Crippen molar-refractivity contribution in [3.8, 4) is 0 Å². The lowest BCUT2D eigenvalue weighted by Crippen LogP contribution is -2.43. The summed E-state index contributed by atoms with van der Waals surface area (Å²) in [5, 5.41) is 3.22. The number of hydrogen-bond donors (Lipinski definition) is 1. The van der Waals surface area contributed by atoms with Crippen molar-refractivity contribution in [1.29, 1.82) is 0 Å². The Hall–Kier alpha value is -2.43. The van der Waals surface area contributed by atoms with Crippen LogP contribution in [-0.4, -0.2) is 33.4 Å². The van der Waals surface area contributed by atoms with E-state index in [1.165, 1.54) is 12.0 Å². The number of nitrogens with zero attached hydrogens (tertiary/aromatic N) is 3. The van der Waals surface area contributed by atoms with Crippen LogP contribution in [0.1, 0.15) is 55.6 Å². The van der Waals surface area contributed by atoms with E-state index in [0.717, 1.165) is 37.9 Å². The summed E-state index contributed by atoms with van der Waals surface area (Å²) < 4.78 is 0. The second-order valence-electron chi connectivity index (χ2n) is 6.52. The fourth-order valence-corrected chi connectivity index (χ4v) is 3.31. The molecule has 5 nitrogen and oxygen atoms in total. The van der Waals surface area contributed by atoms with Gasteiger partial charge in [0.15, 0.2) is 0 Å². The van der Waals surface area contributed by atoms with Crippen LogP contribution >= 0.6 is 0 Å². The summed E-state index contributed by atoms with van der Waals surface area (Å²) in [6.07, 6.45) is 8.58. The highest BCUT2D eigenvalue weighted by Gasteiger charge is 2.27. The minimum Gasteiger partial charge on any atom is -0.339 e. The molecule has 0 saturated carbocycles. The Morgan fingerprint density at radius 3 is 2.60 bits per heavy atom. The number of aromatic nitrogens is 2. The number of carbonyl (C=O) groups excluding carboxylic acids is 1. The van der Waals surface area contributed by atoms with Crippen LogP contribution < -0.4 is 5.32 Å². The van der Waals surface area contributed by atoms with Gasteiger partial charge in [0.05, 0.1) is 12.4 Å². The molecule has 1 aromatic carbocycles. The second kappa shape index (κ2) is 8.10. The summed E-state index contributed by atoms with van der Waals surface area (Å²) in [5.41, 5.74) is 2.68. The first kappa shape index (κ1) is 17.4. The summed E-state index contributed by atoms with van der Waals surface area (Å²) in [4.78, 5) is 23.4. The molecule has 0 aliphatic carbocycles. The number of rotatable bonds is 5. The zero-order valence-electron chi connectivity index (χ0n) is 15.0. The van der Waals surface area contributed by atoms with Gasteiger partial charge in [-0.3, -0.25) is 4.79 Å². The van der Waals surface area contributed by atoms with Gasteiger partial charge in [-0.25, -0.2) is 9.97 Å². The topological polar surface area (TPSA) is 58.1 Å². The van der Waals surface area contributed by atoms with Gasteiger partial charge >= 0.3 is 0 Å². The zero-order chi connectivity index (χ0) is 17.6. The molecule has 2 heterocycles. The number of amides is 1.